The second-order valence-electron chi connectivity index (χ2n) is 12.6. The number of ketones is 1. The monoisotopic (exact) mass is 570 g/mol. The zero-order valence-corrected chi connectivity index (χ0v) is 24.2. The number of carbonyl (C=O) groups is 4. The second-order valence-corrected chi connectivity index (χ2v) is 12.6. The molecule has 1 saturated heterocycles. The lowest BCUT2D eigenvalue weighted by atomic mass is 9.46. The molecule has 10 nitrogen and oxygen atoms in total. The first-order valence-electron chi connectivity index (χ1n) is 14.0. The minimum Gasteiger partial charge on any atom is -0.458 e. The van der Waals surface area contributed by atoms with Crippen LogP contribution in [0.15, 0.2) is 41.5 Å². The van der Waals surface area contributed by atoms with Gasteiger partial charge in [0.25, 0.3) is 0 Å². The van der Waals surface area contributed by atoms with Crippen LogP contribution >= 0.6 is 0 Å². The third kappa shape index (κ3) is 4.33. The predicted octanol–water partition coefficient (Wildman–Crippen LogP) is 2.54. The number of rotatable bonds is 4. The van der Waals surface area contributed by atoms with Crippen molar-refractivity contribution < 1.29 is 48.3 Å². The van der Waals surface area contributed by atoms with Gasteiger partial charge in [0, 0.05) is 26.2 Å². The number of esters is 3. The highest BCUT2D eigenvalue weighted by Crippen LogP contribution is 2.63. The molecule has 2 N–H and O–H groups in total. The van der Waals surface area contributed by atoms with E-state index in [1.165, 1.54) is 13.8 Å². The summed E-state index contributed by atoms with van der Waals surface area (Å²) in [5, 5.41) is 22.9. The number of ether oxygens (including phenoxy) is 4. The highest BCUT2D eigenvalue weighted by atomic mass is 16.6. The molecule has 3 aliphatic carbocycles. The Kier molecular flexibility index (Phi) is 7.19. The fourth-order valence-electron chi connectivity index (χ4n) is 7.98. The zero-order chi connectivity index (χ0) is 30.1. The topological polar surface area (TPSA) is 146 Å². The maximum Gasteiger partial charge on any atom is 0.338 e. The molecule has 0 aromatic heterocycles. The van der Waals surface area contributed by atoms with Crippen molar-refractivity contribution in [1.82, 2.24) is 0 Å². The molecule has 0 radical (unpaired) electrons. The van der Waals surface area contributed by atoms with Crippen molar-refractivity contribution in [2.75, 3.05) is 6.61 Å². The van der Waals surface area contributed by atoms with Crippen molar-refractivity contribution >= 4 is 23.7 Å². The Bertz CT molecular complexity index is 1300. The van der Waals surface area contributed by atoms with E-state index in [4.69, 9.17) is 18.9 Å². The quantitative estimate of drug-likeness (QED) is 0.315. The van der Waals surface area contributed by atoms with Crippen LogP contribution in [-0.4, -0.2) is 76.6 Å². The van der Waals surface area contributed by atoms with Crippen molar-refractivity contribution in [2.24, 2.45) is 22.7 Å². The van der Waals surface area contributed by atoms with Gasteiger partial charge in [-0.1, -0.05) is 32.0 Å². The molecule has 41 heavy (non-hydrogen) atoms. The molecule has 1 heterocycles. The standard InChI is InChI=1S/C31H38O10/c1-15-20(34)12-19-24(40-28(37)18-10-8-7-9-11-18)26-30(6,21(35)13-22-31(26,14-38-22)41-17(3)33)27(36)25(39-16(2)32)23(15)29(19,4)5/h7-11,19-22,24-26,34-35H,12-14H2,1-6H3/t19?,20?,21-,22+,24+,25+,26-,30+,31-/m0/s1. The molecule has 10 heteroatoms. The molecule has 9 atom stereocenters. The molecule has 0 spiro atoms. The van der Waals surface area contributed by atoms with Gasteiger partial charge >= 0.3 is 17.9 Å². The maximum atomic E-state index is 14.8. The SMILES string of the molecule is CC(=O)O[C@H]1C(=O)[C@@]2(C)[C@H]([C@H](OC(=O)c3ccccc3)C3CC(O)C(C)=C1C3(C)C)[C@]1(OC(C)=O)CO[C@@H]1C[C@@H]2O. The fourth-order valence-corrected chi connectivity index (χ4v) is 7.98. The van der Waals surface area contributed by atoms with Gasteiger partial charge in [0.15, 0.2) is 17.5 Å². The van der Waals surface area contributed by atoms with Gasteiger partial charge in [-0.3, -0.25) is 14.4 Å². The molecule has 0 amide bonds. The van der Waals surface area contributed by atoms with E-state index in [1.807, 2.05) is 13.8 Å². The van der Waals surface area contributed by atoms with E-state index in [0.29, 0.717) is 11.1 Å². The van der Waals surface area contributed by atoms with Crippen LogP contribution in [0.5, 0.6) is 0 Å². The lowest BCUT2D eigenvalue weighted by molar-refractivity contribution is -0.335. The van der Waals surface area contributed by atoms with Crippen LogP contribution in [0.3, 0.4) is 0 Å². The highest BCUT2D eigenvalue weighted by Gasteiger charge is 2.75. The van der Waals surface area contributed by atoms with E-state index in [-0.39, 0.29) is 25.0 Å². The van der Waals surface area contributed by atoms with Gasteiger partial charge in [0.1, 0.15) is 12.2 Å². The number of carbonyl (C=O) groups excluding carboxylic acids is 4. The number of hydrogen-bond donors (Lipinski definition) is 2. The van der Waals surface area contributed by atoms with Crippen molar-refractivity contribution in [1.29, 1.82) is 0 Å². The van der Waals surface area contributed by atoms with E-state index < -0.39 is 82.5 Å². The van der Waals surface area contributed by atoms with E-state index in [1.54, 1.807) is 44.2 Å². The summed E-state index contributed by atoms with van der Waals surface area (Å²) in [7, 11) is 0. The van der Waals surface area contributed by atoms with Gasteiger partial charge in [-0.25, -0.2) is 4.79 Å². The number of benzene rings is 1. The fraction of sp³-hybridized carbons (Fsp3) is 0.613. The van der Waals surface area contributed by atoms with Gasteiger partial charge in [-0.05, 0) is 49.0 Å². The summed E-state index contributed by atoms with van der Waals surface area (Å²) in [6.07, 6.45) is -5.48. The number of fused-ring (bicyclic) bond motifs is 5. The van der Waals surface area contributed by atoms with Gasteiger partial charge in [-0.2, -0.15) is 0 Å². The summed E-state index contributed by atoms with van der Waals surface area (Å²) in [5.41, 5.74) is -2.84. The Hall–Kier alpha value is -3.08. The first-order chi connectivity index (χ1) is 19.2. The van der Waals surface area contributed by atoms with Crippen LogP contribution in [0.1, 0.15) is 64.7 Å². The first-order valence-corrected chi connectivity index (χ1v) is 14.0. The summed E-state index contributed by atoms with van der Waals surface area (Å²) >= 11 is 0. The molecule has 1 aliphatic heterocycles. The Morgan fingerprint density at radius 2 is 1.63 bits per heavy atom. The third-order valence-electron chi connectivity index (χ3n) is 10.0. The van der Waals surface area contributed by atoms with Crippen molar-refractivity contribution in [3.8, 4) is 0 Å². The summed E-state index contributed by atoms with van der Waals surface area (Å²) in [5.74, 6) is -4.30. The second kappa shape index (κ2) is 10.0. The van der Waals surface area contributed by atoms with Gasteiger partial charge < -0.3 is 29.2 Å². The van der Waals surface area contributed by atoms with Crippen LogP contribution in [0.2, 0.25) is 0 Å². The molecule has 2 unspecified atom stereocenters. The summed E-state index contributed by atoms with van der Waals surface area (Å²) in [4.78, 5) is 53.4. The lowest BCUT2D eigenvalue weighted by Gasteiger charge is -2.65. The van der Waals surface area contributed by atoms with Crippen molar-refractivity contribution in [2.45, 2.75) is 90.5 Å². The summed E-state index contributed by atoms with van der Waals surface area (Å²) in [6.45, 7) is 9.36. The molecule has 222 valence electrons. The maximum absolute atomic E-state index is 14.8. The first kappa shape index (κ1) is 29.4. The minimum absolute atomic E-state index is 0.0210. The van der Waals surface area contributed by atoms with Crippen LogP contribution in [0, 0.1) is 22.7 Å². The van der Waals surface area contributed by atoms with Gasteiger partial charge in [-0.15, -0.1) is 0 Å². The number of hydrogen-bond acceptors (Lipinski definition) is 10. The molecule has 1 aromatic carbocycles. The average Bonchev–Trinajstić information content (AvgIpc) is 2.89. The minimum atomic E-state index is -1.69. The highest BCUT2D eigenvalue weighted by molar-refractivity contribution is 5.95. The van der Waals surface area contributed by atoms with Crippen LogP contribution in [-0.2, 0) is 33.3 Å². The number of Topliss-reactive ketones (excluding diaryl/α,β-unsaturated/α-hetero) is 1. The summed E-state index contributed by atoms with van der Waals surface area (Å²) < 4.78 is 23.8. The third-order valence-corrected chi connectivity index (χ3v) is 10.0. The molecule has 1 aromatic rings. The Morgan fingerprint density at radius 1 is 0.976 bits per heavy atom. The van der Waals surface area contributed by atoms with E-state index in [9.17, 15) is 29.4 Å². The Labute approximate surface area is 239 Å². The average molecular weight is 571 g/mol. The van der Waals surface area contributed by atoms with E-state index in [0.717, 1.165) is 0 Å². The van der Waals surface area contributed by atoms with Gasteiger partial charge in [0.2, 0.25) is 0 Å². The van der Waals surface area contributed by atoms with E-state index in [2.05, 4.69) is 0 Å². The molecule has 3 fully saturated rings. The van der Waals surface area contributed by atoms with Gasteiger partial charge in [0.05, 0.1) is 35.7 Å². The zero-order valence-electron chi connectivity index (χ0n) is 24.2. The number of aliphatic hydroxyl groups is 2. The largest absolute Gasteiger partial charge is 0.458 e. The molecular weight excluding hydrogens is 532 g/mol. The molecule has 2 saturated carbocycles. The molecule has 2 bridgehead atoms. The van der Waals surface area contributed by atoms with Crippen molar-refractivity contribution in [3.63, 3.8) is 0 Å². The van der Waals surface area contributed by atoms with Crippen LogP contribution in [0.4, 0.5) is 0 Å². The Morgan fingerprint density at radius 3 is 2.20 bits per heavy atom. The molecular formula is C31H38O10. The lowest BCUT2D eigenvalue weighted by Crippen LogP contribution is -2.79. The van der Waals surface area contributed by atoms with Crippen LogP contribution in [0.25, 0.3) is 0 Å². The smallest absolute Gasteiger partial charge is 0.338 e. The van der Waals surface area contributed by atoms with Crippen molar-refractivity contribution in [3.05, 3.63) is 47.0 Å². The number of aliphatic hydroxyl groups excluding tert-OH is 2. The Balaban J connectivity index is 1.79. The molecule has 4 aliphatic rings. The predicted molar refractivity (Wildman–Crippen MR) is 143 cm³/mol. The normalized spacial score (nSPS) is 39.2. The summed E-state index contributed by atoms with van der Waals surface area (Å²) in [6, 6.07) is 8.38. The van der Waals surface area contributed by atoms with Crippen LogP contribution < -0.4 is 0 Å². The molecule has 5 rings (SSSR count). The van der Waals surface area contributed by atoms with E-state index >= 15 is 0 Å².